The van der Waals surface area contributed by atoms with Crippen molar-refractivity contribution in [2.45, 2.75) is 18.8 Å². The number of thioether (sulfide) groups is 1. The Kier molecular flexibility index (Phi) is 3.28. The molecule has 1 aliphatic rings. The van der Waals surface area contributed by atoms with Crippen molar-refractivity contribution < 1.29 is 0 Å². The Morgan fingerprint density at radius 3 is 3.14 bits per heavy atom. The summed E-state index contributed by atoms with van der Waals surface area (Å²) in [5, 5.41) is 6.59. The van der Waals surface area contributed by atoms with Crippen molar-refractivity contribution in [3.05, 3.63) is 26.6 Å². The van der Waals surface area contributed by atoms with Crippen LogP contribution in [0.1, 0.15) is 24.5 Å². The van der Waals surface area contributed by atoms with Gasteiger partial charge >= 0.3 is 0 Å². The lowest BCUT2D eigenvalue weighted by Gasteiger charge is -2.20. The molecule has 2 rings (SSSR count). The van der Waals surface area contributed by atoms with Crippen LogP contribution in [0.2, 0.25) is 0 Å². The van der Waals surface area contributed by atoms with Crippen LogP contribution in [0.5, 0.6) is 0 Å². The van der Waals surface area contributed by atoms with Crippen molar-refractivity contribution in [3.8, 4) is 0 Å². The highest BCUT2D eigenvalue weighted by molar-refractivity contribution is 9.10. The zero-order chi connectivity index (χ0) is 9.97. The summed E-state index contributed by atoms with van der Waals surface area (Å²) in [4.78, 5) is 11.1. The molecule has 76 valence electrons. The van der Waals surface area contributed by atoms with Crippen LogP contribution in [0.4, 0.5) is 0 Å². The topological polar surface area (TPSA) is 45.8 Å². The van der Waals surface area contributed by atoms with Crippen LogP contribution in [0.3, 0.4) is 0 Å². The normalized spacial score (nSPS) is 22.2. The van der Waals surface area contributed by atoms with E-state index in [1.54, 1.807) is 0 Å². The van der Waals surface area contributed by atoms with Gasteiger partial charge in [0.1, 0.15) is 0 Å². The third kappa shape index (κ3) is 2.20. The van der Waals surface area contributed by atoms with Gasteiger partial charge in [-0.05, 0) is 40.6 Å². The third-order valence-corrected chi connectivity index (χ3v) is 4.16. The maximum absolute atomic E-state index is 11.1. The van der Waals surface area contributed by atoms with Crippen LogP contribution < -0.4 is 5.56 Å². The first kappa shape index (κ1) is 10.2. The molecule has 1 unspecified atom stereocenters. The Bertz CT molecular complexity index is 373. The van der Waals surface area contributed by atoms with Gasteiger partial charge in [-0.25, -0.2) is 5.10 Å². The predicted molar refractivity (Wildman–Crippen MR) is 61.9 cm³/mol. The second-order valence-electron chi connectivity index (χ2n) is 3.38. The number of halogens is 1. The van der Waals surface area contributed by atoms with Crippen LogP contribution >= 0.6 is 27.7 Å². The van der Waals surface area contributed by atoms with Crippen LogP contribution in [-0.2, 0) is 0 Å². The fourth-order valence-corrected chi connectivity index (χ4v) is 3.06. The minimum absolute atomic E-state index is 0.155. The molecule has 5 heteroatoms. The lowest BCUT2D eigenvalue weighted by atomic mass is 10.0. The van der Waals surface area contributed by atoms with E-state index in [0.29, 0.717) is 10.4 Å². The van der Waals surface area contributed by atoms with Gasteiger partial charge in [-0.3, -0.25) is 4.79 Å². The molecular formula is C9H11BrN2OS. The molecule has 0 amide bonds. The summed E-state index contributed by atoms with van der Waals surface area (Å²) in [6.07, 6.45) is 2.42. The molecule has 0 aliphatic carbocycles. The molecule has 2 heterocycles. The molecule has 1 fully saturated rings. The maximum Gasteiger partial charge on any atom is 0.278 e. The summed E-state index contributed by atoms with van der Waals surface area (Å²) in [5.74, 6) is 2.87. The first-order valence-electron chi connectivity index (χ1n) is 4.60. The highest BCUT2D eigenvalue weighted by atomic mass is 79.9. The van der Waals surface area contributed by atoms with Gasteiger partial charge in [0, 0.05) is 11.7 Å². The van der Waals surface area contributed by atoms with Gasteiger partial charge in [-0.1, -0.05) is 0 Å². The van der Waals surface area contributed by atoms with E-state index in [2.05, 4.69) is 26.1 Å². The molecule has 0 aromatic carbocycles. The average molecular weight is 275 g/mol. The lowest BCUT2D eigenvalue weighted by Crippen LogP contribution is -2.16. The third-order valence-electron chi connectivity index (χ3n) is 2.36. The van der Waals surface area contributed by atoms with Crippen molar-refractivity contribution in [2.24, 2.45) is 0 Å². The number of aromatic amines is 1. The fourth-order valence-electron chi connectivity index (χ4n) is 1.58. The smallest absolute Gasteiger partial charge is 0.267 e. The molecule has 0 radical (unpaired) electrons. The molecule has 14 heavy (non-hydrogen) atoms. The molecule has 1 saturated heterocycles. The zero-order valence-corrected chi connectivity index (χ0v) is 10.0. The number of H-pyrrole nitrogens is 1. The standard InChI is InChI=1S/C9H11BrN2OS/c10-7-4-8(11-12-9(7)13)6-2-1-3-14-5-6/h4,6H,1-3,5H2,(H,12,13). The summed E-state index contributed by atoms with van der Waals surface area (Å²) in [6, 6.07) is 1.84. The van der Waals surface area contributed by atoms with Crippen LogP contribution in [0.15, 0.2) is 15.3 Å². The largest absolute Gasteiger partial charge is 0.278 e. The maximum atomic E-state index is 11.1. The quantitative estimate of drug-likeness (QED) is 0.854. The van der Waals surface area contributed by atoms with Gasteiger partial charge in [0.15, 0.2) is 0 Å². The fraction of sp³-hybridized carbons (Fsp3) is 0.556. The second-order valence-corrected chi connectivity index (χ2v) is 5.39. The molecule has 0 bridgehead atoms. The summed E-state index contributed by atoms with van der Waals surface area (Å²) in [6.45, 7) is 0. The molecule has 1 atom stereocenters. The Morgan fingerprint density at radius 1 is 1.64 bits per heavy atom. The van der Waals surface area contributed by atoms with E-state index in [-0.39, 0.29) is 5.56 Å². The van der Waals surface area contributed by atoms with Crippen molar-refractivity contribution in [2.75, 3.05) is 11.5 Å². The molecule has 0 saturated carbocycles. The summed E-state index contributed by atoms with van der Waals surface area (Å²) in [5.41, 5.74) is 0.848. The second kappa shape index (κ2) is 4.49. The first-order chi connectivity index (χ1) is 6.77. The Labute approximate surface area is 94.8 Å². The minimum Gasteiger partial charge on any atom is -0.267 e. The summed E-state index contributed by atoms with van der Waals surface area (Å²) < 4.78 is 0.582. The number of rotatable bonds is 1. The molecule has 1 aromatic rings. The van der Waals surface area contributed by atoms with Crippen LogP contribution in [0.25, 0.3) is 0 Å². The first-order valence-corrected chi connectivity index (χ1v) is 6.55. The molecular weight excluding hydrogens is 264 g/mol. The van der Waals surface area contributed by atoms with E-state index >= 15 is 0 Å². The predicted octanol–water partition coefficient (Wildman–Crippen LogP) is 2.14. The lowest BCUT2D eigenvalue weighted by molar-refractivity contribution is 0.630. The van der Waals surface area contributed by atoms with Crippen molar-refractivity contribution in [1.29, 1.82) is 0 Å². The van der Waals surface area contributed by atoms with E-state index in [1.165, 1.54) is 18.6 Å². The molecule has 3 nitrogen and oxygen atoms in total. The van der Waals surface area contributed by atoms with E-state index in [1.807, 2.05) is 17.8 Å². The van der Waals surface area contributed by atoms with E-state index in [0.717, 1.165) is 11.4 Å². The van der Waals surface area contributed by atoms with Gasteiger partial charge in [0.05, 0.1) is 10.2 Å². The van der Waals surface area contributed by atoms with Gasteiger partial charge < -0.3 is 0 Å². The number of nitrogens with one attached hydrogen (secondary N) is 1. The summed E-state index contributed by atoms with van der Waals surface area (Å²) in [7, 11) is 0. The molecule has 0 spiro atoms. The highest BCUT2D eigenvalue weighted by Gasteiger charge is 2.17. The van der Waals surface area contributed by atoms with Gasteiger partial charge in [0.25, 0.3) is 5.56 Å². The molecule has 1 aromatic heterocycles. The highest BCUT2D eigenvalue weighted by Crippen LogP contribution is 2.29. The number of nitrogens with zero attached hydrogens (tertiary/aromatic N) is 1. The Balaban J connectivity index is 2.22. The van der Waals surface area contributed by atoms with E-state index < -0.39 is 0 Å². The van der Waals surface area contributed by atoms with Gasteiger partial charge in [0.2, 0.25) is 0 Å². The number of hydrogen-bond acceptors (Lipinski definition) is 3. The number of hydrogen-bond donors (Lipinski definition) is 1. The van der Waals surface area contributed by atoms with E-state index in [9.17, 15) is 4.79 Å². The van der Waals surface area contributed by atoms with Gasteiger partial charge in [-0.15, -0.1) is 0 Å². The average Bonchev–Trinajstić information content (AvgIpc) is 2.23. The molecule has 1 N–H and O–H groups in total. The van der Waals surface area contributed by atoms with Crippen molar-refractivity contribution in [1.82, 2.24) is 10.2 Å². The Morgan fingerprint density at radius 2 is 2.50 bits per heavy atom. The van der Waals surface area contributed by atoms with Crippen LogP contribution in [-0.4, -0.2) is 21.7 Å². The summed E-state index contributed by atoms with van der Waals surface area (Å²) >= 11 is 5.18. The van der Waals surface area contributed by atoms with E-state index in [4.69, 9.17) is 0 Å². The van der Waals surface area contributed by atoms with Crippen LogP contribution in [0, 0.1) is 0 Å². The SMILES string of the molecule is O=c1[nH]nc(C2CCCSC2)cc1Br. The van der Waals surface area contributed by atoms with Crippen molar-refractivity contribution >= 4 is 27.7 Å². The molecule has 1 aliphatic heterocycles. The minimum atomic E-state index is -0.155. The Hall–Kier alpha value is -0.290. The zero-order valence-electron chi connectivity index (χ0n) is 7.62. The monoisotopic (exact) mass is 274 g/mol. The van der Waals surface area contributed by atoms with Gasteiger partial charge in [-0.2, -0.15) is 16.9 Å². The number of aromatic nitrogens is 2. The van der Waals surface area contributed by atoms with Crippen molar-refractivity contribution in [3.63, 3.8) is 0 Å².